The zero-order valence-electron chi connectivity index (χ0n) is 24.9. The highest BCUT2D eigenvalue weighted by Crippen LogP contribution is 2.37. The number of aromatic amines is 1. The summed E-state index contributed by atoms with van der Waals surface area (Å²) in [7, 11) is 0. The first-order chi connectivity index (χ1) is 21.1. The number of hydrogen-bond donors (Lipinski definition) is 6. The van der Waals surface area contributed by atoms with Crippen molar-refractivity contribution in [3.63, 3.8) is 0 Å². The summed E-state index contributed by atoms with van der Waals surface area (Å²) in [4.78, 5) is 32.4. The minimum atomic E-state index is -0.915. The van der Waals surface area contributed by atoms with Gasteiger partial charge in [0.05, 0.1) is 36.0 Å². The molecule has 0 saturated carbocycles. The van der Waals surface area contributed by atoms with Gasteiger partial charge in [0.1, 0.15) is 6.04 Å². The number of H-pyrrole nitrogens is 1. The van der Waals surface area contributed by atoms with Crippen LogP contribution in [0, 0.1) is 0 Å². The van der Waals surface area contributed by atoms with Crippen molar-refractivity contribution in [2.24, 2.45) is 0 Å². The number of para-hydroxylation sites is 1. The maximum atomic E-state index is 14.1. The molecule has 0 saturated heterocycles. The van der Waals surface area contributed by atoms with Crippen molar-refractivity contribution in [2.75, 3.05) is 18.1 Å². The van der Waals surface area contributed by atoms with Gasteiger partial charge in [-0.3, -0.25) is 9.59 Å². The van der Waals surface area contributed by atoms with Crippen LogP contribution in [0.15, 0.2) is 71.2 Å². The summed E-state index contributed by atoms with van der Waals surface area (Å²) < 4.78 is 0.880. The van der Waals surface area contributed by atoms with E-state index >= 15 is 0 Å². The normalized spacial score (nSPS) is 16.1. The van der Waals surface area contributed by atoms with E-state index in [9.17, 15) is 19.8 Å². The van der Waals surface area contributed by atoms with Crippen LogP contribution in [0.5, 0.6) is 0 Å². The maximum absolute atomic E-state index is 14.1. The molecule has 2 amide bonds. The minimum Gasteiger partial charge on any atom is -0.394 e. The molecule has 0 aliphatic carbocycles. The largest absolute Gasteiger partial charge is 0.394 e. The molecule has 0 spiro atoms. The van der Waals surface area contributed by atoms with E-state index in [1.54, 1.807) is 4.90 Å². The van der Waals surface area contributed by atoms with Gasteiger partial charge in [-0.2, -0.15) is 0 Å². The number of nitrogens with zero attached hydrogens (tertiary/aromatic N) is 1. The lowest BCUT2D eigenvalue weighted by Crippen LogP contribution is -2.51. The summed E-state index contributed by atoms with van der Waals surface area (Å²) in [6.07, 6.45) is 0.304. The Morgan fingerprint density at radius 3 is 2.64 bits per heavy atom. The van der Waals surface area contributed by atoms with Crippen LogP contribution < -0.4 is 15.5 Å². The lowest BCUT2D eigenvalue weighted by atomic mass is 9.99. The summed E-state index contributed by atoms with van der Waals surface area (Å²) in [6.45, 7) is 3.73. The fourth-order valence-corrected chi connectivity index (χ4v) is 6.40. The van der Waals surface area contributed by atoms with Crippen molar-refractivity contribution in [2.45, 2.75) is 63.9 Å². The molecule has 10 heteroatoms. The summed E-state index contributed by atoms with van der Waals surface area (Å²) >= 11 is 3.77. The molecule has 0 fully saturated rings. The van der Waals surface area contributed by atoms with Crippen LogP contribution in [0.3, 0.4) is 0 Å². The Hall–Kier alpha value is -3.54. The number of fused-ring (bicyclic) bond motifs is 2. The van der Waals surface area contributed by atoms with Crippen LogP contribution >= 0.6 is 15.9 Å². The van der Waals surface area contributed by atoms with Gasteiger partial charge in [0.15, 0.2) is 0 Å². The SMILES string of the molecule is CC(C)(CC(=O)N[C@@H]1CCc2ccccc2N(Cc2ccc3[nH]c(-c4ccccc4CO)c(Br)c3c2)C1=O)NC[C@H](O)CO. The molecule has 0 unspecified atom stereocenters. The smallest absolute Gasteiger partial charge is 0.249 e. The third-order valence-corrected chi connectivity index (χ3v) is 8.93. The van der Waals surface area contributed by atoms with Crippen LogP contribution in [0.1, 0.15) is 43.4 Å². The van der Waals surface area contributed by atoms with E-state index in [0.29, 0.717) is 19.4 Å². The Balaban J connectivity index is 1.39. The average Bonchev–Trinajstić information content (AvgIpc) is 3.28. The number of aryl methyl sites for hydroxylation is 1. The van der Waals surface area contributed by atoms with Gasteiger partial charge < -0.3 is 35.8 Å². The second-order valence-corrected chi connectivity index (χ2v) is 12.8. The van der Waals surface area contributed by atoms with Crippen molar-refractivity contribution in [1.29, 1.82) is 0 Å². The fraction of sp³-hybridized carbons (Fsp3) is 0.353. The monoisotopic (exact) mass is 662 g/mol. The summed E-state index contributed by atoms with van der Waals surface area (Å²) in [5, 5.41) is 35.7. The number of anilines is 1. The number of carbonyl (C=O) groups excluding carboxylic acids is 2. The van der Waals surface area contributed by atoms with Gasteiger partial charge in [-0.05, 0) is 77.5 Å². The average molecular weight is 664 g/mol. The molecule has 232 valence electrons. The molecule has 2 heterocycles. The Bertz CT molecular complexity index is 1650. The van der Waals surface area contributed by atoms with Crippen LogP contribution in [0.4, 0.5) is 5.69 Å². The molecule has 2 atom stereocenters. The molecule has 3 aromatic carbocycles. The predicted octanol–water partition coefficient (Wildman–Crippen LogP) is 4.17. The van der Waals surface area contributed by atoms with Crippen LogP contribution in [-0.4, -0.2) is 63.0 Å². The molecule has 4 aromatic rings. The Labute approximate surface area is 265 Å². The highest BCUT2D eigenvalue weighted by atomic mass is 79.9. The minimum absolute atomic E-state index is 0.0712. The molecule has 0 radical (unpaired) electrons. The first-order valence-electron chi connectivity index (χ1n) is 14.8. The maximum Gasteiger partial charge on any atom is 0.249 e. The molecule has 6 N–H and O–H groups in total. The summed E-state index contributed by atoms with van der Waals surface area (Å²) in [5.74, 6) is -0.436. The zero-order valence-corrected chi connectivity index (χ0v) is 26.5. The molecule has 1 aliphatic rings. The first kappa shape index (κ1) is 31.9. The summed E-state index contributed by atoms with van der Waals surface area (Å²) in [5.41, 5.74) is 5.71. The van der Waals surface area contributed by atoms with E-state index in [4.69, 9.17) is 5.11 Å². The molecule has 1 aromatic heterocycles. The van der Waals surface area contributed by atoms with Crippen molar-refractivity contribution in [3.05, 3.63) is 87.9 Å². The number of halogens is 1. The van der Waals surface area contributed by atoms with Crippen LogP contribution in [0.2, 0.25) is 0 Å². The third kappa shape index (κ3) is 7.06. The Morgan fingerprint density at radius 2 is 1.86 bits per heavy atom. The molecule has 9 nitrogen and oxygen atoms in total. The van der Waals surface area contributed by atoms with Crippen molar-refractivity contribution in [3.8, 4) is 11.3 Å². The molecule has 44 heavy (non-hydrogen) atoms. The van der Waals surface area contributed by atoms with E-state index in [1.165, 1.54) is 0 Å². The third-order valence-electron chi connectivity index (χ3n) is 8.11. The van der Waals surface area contributed by atoms with Gasteiger partial charge in [-0.15, -0.1) is 0 Å². The predicted molar refractivity (Wildman–Crippen MR) is 175 cm³/mol. The highest BCUT2D eigenvalue weighted by Gasteiger charge is 2.33. The number of amides is 2. The number of aliphatic hydroxyl groups is 3. The van der Waals surface area contributed by atoms with Gasteiger partial charge in [0.2, 0.25) is 11.8 Å². The lowest BCUT2D eigenvalue weighted by Gasteiger charge is -2.29. The molecular formula is C34H39BrN4O5. The van der Waals surface area contributed by atoms with Gasteiger partial charge >= 0.3 is 0 Å². The number of hydrogen-bond acceptors (Lipinski definition) is 6. The van der Waals surface area contributed by atoms with E-state index in [2.05, 4.69) is 37.6 Å². The molecule has 5 rings (SSSR count). The molecule has 0 bridgehead atoms. The van der Waals surface area contributed by atoms with Gasteiger partial charge in [0, 0.05) is 40.7 Å². The Morgan fingerprint density at radius 1 is 1.11 bits per heavy atom. The van der Waals surface area contributed by atoms with Crippen molar-refractivity contribution < 1.29 is 24.9 Å². The first-order valence-corrected chi connectivity index (χ1v) is 15.6. The highest BCUT2D eigenvalue weighted by molar-refractivity contribution is 9.10. The number of rotatable bonds is 11. The van der Waals surface area contributed by atoms with E-state index in [1.807, 2.05) is 74.5 Å². The number of benzene rings is 3. The molecule has 1 aliphatic heterocycles. The van der Waals surface area contributed by atoms with Crippen molar-refractivity contribution in [1.82, 2.24) is 15.6 Å². The number of nitrogens with one attached hydrogen (secondary N) is 3. The lowest BCUT2D eigenvalue weighted by molar-refractivity contribution is -0.128. The number of carbonyl (C=O) groups is 2. The van der Waals surface area contributed by atoms with E-state index in [0.717, 1.165) is 49.0 Å². The van der Waals surface area contributed by atoms with Crippen LogP contribution in [0.25, 0.3) is 22.2 Å². The van der Waals surface area contributed by atoms with Gasteiger partial charge in [0.25, 0.3) is 0 Å². The van der Waals surface area contributed by atoms with E-state index in [-0.39, 0.29) is 38.0 Å². The van der Waals surface area contributed by atoms with E-state index < -0.39 is 17.7 Å². The topological polar surface area (TPSA) is 138 Å². The number of β-amino-alcohol motifs (C(OH)–C–C–N with tert-alkyl or cyclic N) is 1. The van der Waals surface area contributed by atoms with Crippen molar-refractivity contribution >= 4 is 44.3 Å². The quantitative estimate of drug-likeness (QED) is 0.143. The fourth-order valence-electron chi connectivity index (χ4n) is 5.76. The number of aromatic nitrogens is 1. The zero-order chi connectivity index (χ0) is 31.4. The van der Waals surface area contributed by atoms with Gasteiger partial charge in [-0.1, -0.05) is 48.5 Å². The van der Waals surface area contributed by atoms with Gasteiger partial charge in [-0.25, -0.2) is 0 Å². The Kier molecular flexibility index (Phi) is 9.87. The molecular weight excluding hydrogens is 624 g/mol. The second-order valence-electron chi connectivity index (χ2n) is 12.0. The standard InChI is InChI=1S/C34H39BrN4O5/c1-34(2,36-17-24(42)20-41)16-30(43)37-28-14-12-22-7-4-6-10-29(22)39(33(28)44)18-21-11-13-27-26(15-21)31(35)32(38-27)25-9-5-3-8-23(25)19-40/h3-11,13,15,24,28,36,38,40-42H,12,14,16-20H2,1-2H3,(H,37,43)/t24-,28+/m0/s1. The second kappa shape index (κ2) is 13.6. The number of aliphatic hydroxyl groups excluding tert-OH is 3. The van der Waals surface area contributed by atoms with Crippen LogP contribution in [-0.2, 0) is 29.2 Å². The summed E-state index contributed by atoms with van der Waals surface area (Å²) in [6, 6.07) is 20.9.